The van der Waals surface area contributed by atoms with Gasteiger partial charge in [0.25, 0.3) is 0 Å². The topological polar surface area (TPSA) is 158 Å². The molecule has 0 bridgehead atoms. The molecule has 0 spiro atoms. The lowest BCUT2D eigenvalue weighted by atomic mass is 10.1. The number of rotatable bonds is 8. The summed E-state index contributed by atoms with van der Waals surface area (Å²) in [6, 6.07) is 11.8. The first-order chi connectivity index (χ1) is 32.8. The average molecular weight is 923 g/mol. The Kier molecular flexibility index (Phi) is 13.0. The monoisotopic (exact) mass is 922 g/mol. The number of carbonyl (C=O) groups is 2. The molecule has 2 aliphatic heterocycles. The second kappa shape index (κ2) is 19.4. The number of piperazine rings is 2. The number of fused-ring (bicyclic) bond motifs is 2. The molecule has 0 saturated carbocycles. The Hall–Kier alpha value is -7.50. The van der Waals surface area contributed by atoms with Gasteiger partial charge in [0.1, 0.15) is 35.9 Å². The highest BCUT2D eigenvalue weighted by Crippen LogP contribution is 2.37. The highest BCUT2D eigenvalue weighted by molar-refractivity contribution is 5.92. The minimum Gasteiger partial charge on any atom is -0.352 e. The van der Waals surface area contributed by atoms with Crippen LogP contribution in [-0.2, 0) is 26.9 Å². The first kappa shape index (κ1) is 45.6. The number of urea groups is 2. The highest BCUT2D eigenvalue weighted by atomic mass is 19.1. The molecule has 2 aromatic carbocycles. The van der Waals surface area contributed by atoms with Gasteiger partial charge in [-0.2, -0.15) is 10.2 Å². The van der Waals surface area contributed by atoms with Gasteiger partial charge in [-0.05, 0) is 86.4 Å². The van der Waals surface area contributed by atoms with Gasteiger partial charge in [-0.3, -0.25) is 9.36 Å². The summed E-state index contributed by atoms with van der Waals surface area (Å²) in [5.41, 5.74) is 11.5. The zero-order valence-corrected chi connectivity index (χ0v) is 39.2. The van der Waals surface area contributed by atoms with Gasteiger partial charge in [-0.1, -0.05) is 24.3 Å². The molecule has 2 aliphatic carbocycles. The largest absolute Gasteiger partial charge is 0.352 e. The summed E-state index contributed by atoms with van der Waals surface area (Å²) >= 11 is 0. The molecule has 0 unspecified atom stereocenters. The van der Waals surface area contributed by atoms with Crippen LogP contribution in [0.4, 0.5) is 30.0 Å². The zero-order valence-electron chi connectivity index (χ0n) is 39.2. The van der Waals surface area contributed by atoms with E-state index in [1.54, 1.807) is 41.6 Å². The number of nitrogens with zero attached hydrogens (tertiary/aromatic N) is 12. The lowest BCUT2D eigenvalue weighted by Crippen LogP contribution is -2.57. The summed E-state index contributed by atoms with van der Waals surface area (Å²) in [4.78, 5) is 52.1. The fraction of sp³-hybridized carbons (Fsp3) is 0.360. The van der Waals surface area contributed by atoms with Crippen LogP contribution in [0.2, 0.25) is 0 Å². The molecular weight excluding hydrogens is 867 g/mol. The Bertz CT molecular complexity index is 2870. The summed E-state index contributed by atoms with van der Waals surface area (Å²) in [7, 11) is 3.84. The molecule has 2 fully saturated rings. The number of carbonyl (C=O) groups excluding carboxylic acids is 2. The van der Waals surface area contributed by atoms with Crippen molar-refractivity contribution in [3.05, 3.63) is 142 Å². The van der Waals surface area contributed by atoms with Crippen LogP contribution in [0.5, 0.6) is 0 Å². The van der Waals surface area contributed by atoms with Gasteiger partial charge < -0.3 is 30.2 Å². The summed E-state index contributed by atoms with van der Waals surface area (Å²) in [6.45, 7) is 12.4. The summed E-state index contributed by atoms with van der Waals surface area (Å²) in [5, 5.41) is 14.8. The molecule has 0 radical (unpaired) electrons. The van der Waals surface area contributed by atoms with Gasteiger partial charge in [0.05, 0.1) is 35.4 Å². The Labute approximate surface area is 394 Å². The molecule has 68 heavy (non-hydrogen) atoms. The van der Waals surface area contributed by atoms with E-state index in [0.717, 1.165) is 74.9 Å². The van der Waals surface area contributed by atoms with E-state index in [9.17, 15) is 18.4 Å². The van der Waals surface area contributed by atoms with Gasteiger partial charge in [0.2, 0.25) is 0 Å². The molecular formula is C50H56F2N14O2. The molecule has 3 atom stereocenters. The van der Waals surface area contributed by atoms with Crippen molar-refractivity contribution in [2.24, 2.45) is 14.1 Å². The van der Waals surface area contributed by atoms with Crippen LogP contribution in [0.25, 0.3) is 23.3 Å². The van der Waals surface area contributed by atoms with E-state index < -0.39 is 0 Å². The van der Waals surface area contributed by atoms with E-state index in [1.165, 1.54) is 35.4 Å². The van der Waals surface area contributed by atoms with Crippen molar-refractivity contribution >= 4 is 47.0 Å². The average Bonchev–Trinajstić information content (AvgIpc) is 4.15. The number of allylic oxidation sites excluding steroid dienone is 2. The third-order valence-electron chi connectivity index (χ3n) is 13.2. The van der Waals surface area contributed by atoms with Gasteiger partial charge in [0.15, 0.2) is 0 Å². The zero-order chi connectivity index (χ0) is 47.6. The molecule has 16 nitrogen and oxygen atoms in total. The number of hydrogen-bond acceptors (Lipinski definition) is 10. The maximum Gasteiger partial charge on any atom is 0.318 e. The number of halogens is 2. The number of nitrogens with one attached hydrogen (secondary N) is 2. The lowest BCUT2D eigenvalue weighted by molar-refractivity contribution is 0.168. The van der Waals surface area contributed by atoms with Crippen LogP contribution in [0.15, 0.2) is 79.8 Å². The lowest BCUT2D eigenvalue weighted by Gasteiger charge is -2.41. The third-order valence-corrected chi connectivity index (χ3v) is 13.2. The predicted octanol–water partition coefficient (Wildman–Crippen LogP) is 6.77. The Morgan fingerprint density at radius 2 is 1.22 bits per heavy atom. The van der Waals surface area contributed by atoms with Crippen molar-refractivity contribution < 1.29 is 18.4 Å². The van der Waals surface area contributed by atoms with E-state index >= 15 is 0 Å². The van der Waals surface area contributed by atoms with Gasteiger partial charge in [-0.25, -0.2) is 38.3 Å². The number of amides is 4. The van der Waals surface area contributed by atoms with Crippen molar-refractivity contribution in [3.63, 3.8) is 0 Å². The van der Waals surface area contributed by atoms with Gasteiger partial charge >= 0.3 is 12.1 Å². The van der Waals surface area contributed by atoms with Crippen LogP contribution in [0, 0.1) is 18.6 Å². The molecule has 10 rings (SSSR count). The fourth-order valence-electron chi connectivity index (χ4n) is 9.38. The summed E-state index contributed by atoms with van der Waals surface area (Å²) in [6.07, 6.45) is 15.1. The highest BCUT2D eigenvalue weighted by Gasteiger charge is 2.32. The molecule has 2 saturated heterocycles. The van der Waals surface area contributed by atoms with Gasteiger partial charge in [-0.15, -0.1) is 0 Å². The first-order valence-electron chi connectivity index (χ1n) is 23.0. The molecule has 2 N–H and O–H groups in total. The molecule has 352 valence electrons. The number of hydrogen-bond donors (Lipinski definition) is 2. The van der Waals surface area contributed by atoms with E-state index in [4.69, 9.17) is 0 Å². The van der Waals surface area contributed by atoms with Crippen molar-refractivity contribution in [2.75, 3.05) is 55.6 Å². The van der Waals surface area contributed by atoms with Crippen molar-refractivity contribution in [1.82, 2.24) is 59.9 Å². The van der Waals surface area contributed by atoms with Crippen LogP contribution in [0.3, 0.4) is 0 Å². The minimum atomic E-state index is -0.286. The Morgan fingerprint density at radius 1 is 0.676 bits per heavy atom. The molecule has 6 heterocycles. The van der Waals surface area contributed by atoms with E-state index in [-0.39, 0.29) is 41.8 Å². The summed E-state index contributed by atoms with van der Waals surface area (Å²) in [5.74, 6) is 1.26. The first-order valence-corrected chi connectivity index (χ1v) is 23.0. The fourth-order valence-corrected chi connectivity index (χ4v) is 9.38. The quantitative estimate of drug-likeness (QED) is 0.167. The Morgan fingerprint density at radius 3 is 1.76 bits per heavy atom. The number of anilines is 2. The third kappa shape index (κ3) is 9.80. The molecule has 18 heteroatoms. The molecule has 4 aromatic heterocycles. The molecule has 4 amide bonds. The van der Waals surface area contributed by atoms with Crippen molar-refractivity contribution in [2.45, 2.75) is 58.7 Å². The Balaban J connectivity index is 0.000000170. The van der Waals surface area contributed by atoms with Gasteiger partial charge in [0, 0.05) is 113 Å². The standard InChI is InChI=1S/2C25H28FN7O/c1-16(18-4-6-20(26)7-5-18)29-25(34)33-10-8-32(9-11-33)24-21-12-19(13-23(21)27-15-28-24)22-14-31(3)30-17(22)2;1-16-13-32(8-9-33(16)25(34)30-17(2)18-4-6-21(26)7-5-18)24-22-10-19(11-23(22)27-15-28-24)20-12-29-31(3)14-20/h4-7,12,14-16H,8-11,13H2,1-3H3,(H,29,34);4-7,10,12,14-17H,8-9,11,13H2,1-3H3,(H,30,34)/t16-;16-,17+/m01/s1. The summed E-state index contributed by atoms with van der Waals surface area (Å²) < 4.78 is 30.0. The minimum absolute atomic E-state index is 0.00274. The number of aryl methyl sites for hydroxylation is 3. The van der Waals surface area contributed by atoms with Crippen LogP contribution in [0.1, 0.15) is 83.3 Å². The van der Waals surface area contributed by atoms with Crippen LogP contribution in [-0.4, -0.2) is 113 Å². The number of benzene rings is 2. The SMILES string of the molecule is C[C@H](NC(=O)N1CCN(c2ncnc3c2C=C(c2cnn(C)c2)C3)C[C@H]1C)c1ccc(F)cc1.Cc1nn(C)cc1C1=Cc2c(ncnc2N2CCN(C(=O)N[C@@H](C)c3ccc(F)cc3)CC2)C1. The smallest absolute Gasteiger partial charge is 0.318 e. The van der Waals surface area contributed by atoms with Crippen LogP contribution < -0.4 is 20.4 Å². The molecule has 6 aromatic rings. The van der Waals surface area contributed by atoms with Crippen LogP contribution >= 0.6 is 0 Å². The second-order valence-corrected chi connectivity index (χ2v) is 17.9. The van der Waals surface area contributed by atoms with E-state index in [1.807, 2.05) is 74.9 Å². The van der Waals surface area contributed by atoms with E-state index in [0.29, 0.717) is 45.8 Å². The number of aromatic nitrogens is 8. The normalized spacial score (nSPS) is 17.4. The van der Waals surface area contributed by atoms with E-state index in [2.05, 4.69) is 62.7 Å². The van der Waals surface area contributed by atoms with Crippen molar-refractivity contribution in [3.8, 4) is 0 Å². The molecule has 4 aliphatic rings. The predicted molar refractivity (Wildman–Crippen MR) is 257 cm³/mol. The van der Waals surface area contributed by atoms with Crippen molar-refractivity contribution in [1.29, 1.82) is 0 Å². The maximum absolute atomic E-state index is 13.2. The maximum atomic E-state index is 13.2. The second-order valence-electron chi connectivity index (χ2n) is 17.9.